The molecule has 0 saturated carbocycles. The van der Waals surface area contributed by atoms with Crippen LogP contribution < -0.4 is 10.1 Å². The maximum absolute atomic E-state index is 11.0. The molecule has 0 aliphatic carbocycles. The van der Waals surface area contributed by atoms with E-state index in [0.29, 0.717) is 26.1 Å². The SMILES string of the molecule is CCc1ccc(OCC(O)CNCCOC)c([N+](=O)[O-])c1. The van der Waals surface area contributed by atoms with Gasteiger partial charge in [0, 0.05) is 26.3 Å². The van der Waals surface area contributed by atoms with Crippen LogP contribution in [0.15, 0.2) is 18.2 Å². The van der Waals surface area contributed by atoms with Gasteiger partial charge in [-0.2, -0.15) is 0 Å². The maximum Gasteiger partial charge on any atom is 0.311 e. The molecule has 0 saturated heterocycles. The molecule has 0 aromatic heterocycles. The largest absolute Gasteiger partial charge is 0.484 e. The van der Waals surface area contributed by atoms with Gasteiger partial charge in [-0.05, 0) is 18.1 Å². The number of aliphatic hydroxyl groups is 1. The minimum atomic E-state index is -0.743. The molecule has 0 heterocycles. The third-order valence-corrected chi connectivity index (χ3v) is 2.92. The van der Waals surface area contributed by atoms with Crippen molar-refractivity contribution in [2.24, 2.45) is 0 Å². The van der Waals surface area contributed by atoms with Gasteiger partial charge < -0.3 is 19.9 Å². The molecular formula is C14H22N2O5. The Kier molecular flexibility index (Phi) is 7.66. The van der Waals surface area contributed by atoms with Crippen LogP contribution in [-0.2, 0) is 11.2 Å². The zero-order valence-electron chi connectivity index (χ0n) is 12.4. The number of nitro benzene ring substituents is 1. The van der Waals surface area contributed by atoms with Gasteiger partial charge in [-0.15, -0.1) is 0 Å². The van der Waals surface area contributed by atoms with Gasteiger partial charge in [-0.1, -0.05) is 13.0 Å². The number of nitro groups is 1. The molecule has 0 bridgehead atoms. The number of aliphatic hydroxyl groups excluding tert-OH is 1. The Bertz CT molecular complexity index is 453. The first-order chi connectivity index (χ1) is 10.1. The van der Waals surface area contributed by atoms with Gasteiger partial charge in [0.1, 0.15) is 12.7 Å². The fraction of sp³-hybridized carbons (Fsp3) is 0.571. The predicted molar refractivity (Wildman–Crippen MR) is 78.7 cm³/mol. The monoisotopic (exact) mass is 298 g/mol. The molecule has 0 aliphatic rings. The number of nitrogens with one attached hydrogen (secondary N) is 1. The summed E-state index contributed by atoms with van der Waals surface area (Å²) in [5.74, 6) is 0.174. The summed E-state index contributed by atoms with van der Waals surface area (Å²) in [4.78, 5) is 10.5. The highest BCUT2D eigenvalue weighted by Crippen LogP contribution is 2.28. The number of ether oxygens (including phenoxy) is 2. The Balaban J connectivity index is 2.52. The quantitative estimate of drug-likeness (QED) is 0.382. The summed E-state index contributed by atoms with van der Waals surface area (Å²) in [5, 5.41) is 23.7. The molecule has 1 rings (SSSR count). The van der Waals surface area contributed by atoms with Crippen molar-refractivity contribution in [2.45, 2.75) is 19.4 Å². The van der Waals surface area contributed by atoms with Gasteiger partial charge in [-0.25, -0.2) is 0 Å². The molecule has 21 heavy (non-hydrogen) atoms. The third-order valence-electron chi connectivity index (χ3n) is 2.92. The average molecular weight is 298 g/mol. The van der Waals surface area contributed by atoms with Crippen molar-refractivity contribution in [2.75, 3.05) is 33.4 Å². The van der Waals surface area contributed by atoms with Crippen LogP contribution in [0.2, 0.25) is 0 Å². The van der Waals surface area contributed by atoms with Gasteiger partial charge in [0.05, 0.1) is 11.5 Å². The van der Waals surface area contributed by atoms with Crippen molar-refractivity contribution in [3.8, 4) is 5.75 Å². The fourth-order valence-corrected chi connectivity index (χ4v) is 1.74. The second kappa shape index (κ2) is 9.28. The number of hydrogen-bond acceptors (Lipinski definition) is 6. The van der Waals surface area contributed by atoms with Gasteiger partial charge in [0.25, 0.3) is 0 Å². The zero-order valence-corrected chi connectivity index (χ0v) is 12.4. The van der Waals surface area contributed by atoms with E-state index in [1.54, 1.807) is 19.2 Å². The maximum atomic E-state index is 11.0. The van der Waals surface area contributed by atoms with Gasteiger partial charge >= 0.3 is 5.69 Å². The lowest BCUT2D eigenvalue weighted by atomic mass is 10.1. The molecule has 0 amide bonds. The van der Waals surface area contributed by atoms with Crippen molar-refractivity contribution < 1.29 is 19.5 Å². The van der Waals surface area contributed by atoms with Crippen molar-refractivity contribution in [1.29, 1.82) is 0 Å². The van der Waals surface area contributed by atoms with E-state index in [1.165, 1.54) is 6.07 Å². The van der Waals surface area contributed by atoms with Crippen molar-refractivity contribution in [3.05, 3.63) is 33.9 Å². The van der Waals surface area contributed by atoms with Crippen molar-refractivity contribution >= 4 is 5.69 Å². The number of methoxy groups -OCH3 is 1. The number of benzene rings is 1. The van der Waals surface area contributed by atoms with E-state index in [1.807, 2.05) is 6.92 Å². The molecule has 1 aromatic carbocycles. The fourth-order valence-electron chi connectivity index (χ4n) is 1.74. The highest BCUT2D eigenvalue weighted by Gasteiger charge is 2.16. The van der Waals surface area contributed by atoms with Crippen LogP contribution in [0.1, 0.15) is 12.5 Å². The number of hydrogen-bond donors (Lipinski definition) is 2. The minimum absolute atomic E-state index is 0.00765. The second-order valence-corrected chi connectivity index (χ2v) is 4.57. The smallest absolute Gasteiger partial charge is 0.311 e. The van der Waals surface area contributed by atoms with E-state index in [-0.39, 0.29) is 18.0 Å². The lowest BCUT2D eigenvalue weighted by Crippen LogP contribution is -2.33. The first-order valence-electron chi connectivity index (χ1n) is 6.86. The molecular weight excluding hydrogens is 276 g/mol. The predicted octanol–water partition coefficient (Wildman–Crippen LogP) is 1.13. The minimum Gasteiger partial charge on any atom is -0.484 e. The molecule has 7 heteroatoms. The van der Waals surface area contributed by atoms with E-state index in [0.717, 1.165) is 5.56 Å². The summed E-state index contributed by atoms with van der Waals surface area (Å²) < 4.78 is 10.2. The Morgan fingerprint density at radius 3 is 2.86 bits per heavy atom. The number of nitrogens with zero attached hydrogens (tertiary/aromatic N) is 1. The van der Waals surface area contributed by atoms with E-state index in [4.69, 9.17) is 9.47 Å². The Morgan fingerprint density at radius 1 is 1.48 bits per heavy atom. The summed E-state index contributed by atoms with van der Waals surface area (Å²) >= 11 is 0. The molecule has 1 aromatic rings. The summed E-state index contributed by atoms with van der Waals surface area (Å²) in [6.45, 7) is 3.43. The highest BCUT2D eigenvalue weighted by molar-refractivity contribution is 5.48. The van der Waals surface area contributed by atoms with Crippen LogP contribution >= 0.6 is 0 Å². The van der Waals surface area contributed by atoms with Gasteiger partial charge in [0.15, 0.2) is 5.75 Å². The summed E-state index contributed by atoms with van der Waals surface area (Å²) in [5.41, 5.74) is 0.796. The van der Waals surface area contributed by atoms with E-state index < -0.39 is 11.0 Å². The Hall–Kier alpha value is -1.70. The zero-order chi connectivity index (χ0) is 15.7. The average Bonchev–Trinajstić information content (AvgIpc) is 2.49. The molecule has 0 spiro atoms. The molecule has 2 N–H and O–H groups in total. The van der Waals surface area contributed by atoms with E-state index in [2.05, 4.69) is 5.32 Å². The third kappa shape index (κ3) is 6.07. The van der Waals surface area contributed by atoms with Crippen molar-refractivity contribution in [3.63, 3.8) is 0 Å². The normalized spacial score (nSPS) is 12.1. The topological polar surface area (TPSA) is 93.9 Å². The lowest BCUT2D eigenvalue weighted by molar-refractivity contribution is -0.386. The molecule has 118 valence electrons. The number of rotatable bonds is 10. The van der Waals surface area contributed by atoms with Crippen LogP contribution in [0.25, 0.3) is 0 Å². The highest BCUT2D eigenvalue weighted by atomic mass is 16.6. The Labute approximate surface area is 124 Å². The second-order valence-electron chi connectivity index (χ2n) is 4.57. The summed E-state index contributed by atoms with van der Waals surface area (Å²) in [6, 6.07) is 4.85. The van der Waals surface area contributed by atoms with Crippen LogP contribution in [0.4, 0.5) is 5.69 Å². The standard InChI is InChI=1S/C14H22N2O5/c1-3-11-4-5-14(13(8-11)16(18)19)21-10-12(17)9-15-6-7-20-2/h4-5,8,12,15,17H,3,6-7,9-10H2,1-2H3. The first-order valence-corrected chi connectivity index (χ1v) is 6.86. The molecule has 0 fully saturated rings. The summed E-state index contributed by atoms with van der Waals surface area (Å²) in [6.07, 6.45) is -0.0278. The molecule has 1 atom stereocenters. The number of aryl methyl sites for hydroxylation is 1. The van der Waals surface area contributed by atoms with Gasteiger partial charge in [0.2, 0.25) is 0 Å². The lowest BCUT2D eigenvalue weighted by Gasteiger charge is -2.13. The molecule has 0 aliphatic heterocycles. The Morgan fingerprint density at radius 2 is 2.24 bits per heavy atom. The van der Waals surface area contributed by atoms with Crippen LogP contribution in [0.5, 0.6) is 5.75 Å². The van der Waals surface area contributed by atoms with Crippen molar-refractivity contribution in [1.82, 2.24) is 5.32 Å². The van der Waals surface area contributed by atoms with Crippen LogP contribution in [0, 0.1) is 10.1 Å². The van der Waals surface area contributed by atoms with Crippen LogP contribution in [-0.4, -0.2) is 49.5 Å². The molecule has 1 unspecified atom stereocenters. The van der Waals surface area contributed by atoms with Crippen LogP contribution in [0.3, 0.4) is 0 Å². The molecule has 7 nitrogen and oxygen atoms in total. The van der Waals surface area contributed by atoms with Gasteiger partial charge in [-0.3, -0.25) is 10.1 Å². The van der Waals surface area contributed by atoms with E-state index in [9.17, 15) is 15.2 Å². The first kappa shape index (κ1) is 17.4. The summed E-state index contributed by atoms with van der Waals surface area (Å²) in [7, 11) is 1.60. The van der Waals surface area contributed by atoms with E-state index >= 15 is 0 Å². The molecule has 0 radical (unpaired) electrons.